The second-order valence-electron chi connectivity index (χ2n) is 18.0. The quantitative estimate of drug-likeness (QED) is 0.0923. The topological polar surface area (TPSA) is 17.8 Å². The van der Waals surface area contributed by atoms with Crippen molar-refractivity contribution in [1.29, 1.82) is 0 Å². The molecule has 0 saturated carbocycles. The van der Waals surface area contributed by atoms with Crippen LogP contribution >= 0.6 is 0 Å². The van der Waals surface area contributed by atoms with E-state index in [1.165, 1.54) is 11.1 Å². The number of nitrogens with zero attached hydrogens (tertiary/aromatic N) is 4. The van der Waals surface area contributed by atoms with Gasteiger partial charge < -0.3 is 13.5 Å². The Bertz CT molecular complexity index is 2910. The minimum Gasteiger partial charge on any atom is -0.325 e. The normalized spacial score (nSPS) is 19.8. The van der Waals surface area contributed by atoms with E-state index >= 15 is 0 Å². The van der Waals surface area contributed by atoms with Crippen LogP contribution in [0.15, 0.2) is 152 Å². The third-order valence-corrected chi connectivity index (χ3v) is 12.4. The molecular weight excluding hydrogens is 888 g/mol. The van der Waals surface area contributed by atoms with Gasteiger partial charge in [0.2, 0.25) is 0 Å². The Morgan fingerprint density at radius 3 is 1.93 bits per heavy atom. The third-order valence-electron chi connectivity index (χ3n) is 12.4. The van der Waals surface area contributed by atoms with Gasteiger partial charge in [-0.05, 0) is 56.7 Å². The largest absolute Gasteiger partial charge is 0.325 e. The molecule has 0 unspecified atom stereocenters. The van der Waals surface area contributed by atoms with Gasteiger partial charge in [-0.25, -0.2) is 4.98 Å². The molecule has 1 fully saturated rings. The zero-order chi connectivity index (χ0) is 41.9. The molecule has 1 saturated heterocycles. The summed E-state index contributed by atoms with van der Waals surface area (Å²) in [7, 11) is 0. The fourth-order valence-electron chi connectivity index (χ4n) is 9.43. The molecule has 0 aliphatic carbocycles. The number of hydrogen-bond acceptors (Lipinski definition) is 1. The minimum atomic E-state index is -2.25. The van der Waals surface area contributed by atoms with Gasteiger partial charge in [0.25, 0.3) is 0 Å². The monoisotopic (exact) mass is 939 g/mol. The van der Waals surface area contributed by atoms with Crippen LogP contribution in [0, 0.1) is 18.8 Å². The molecule has 6 aromatic carbocycles. The summed E-state index contributed by atoms with van der Waals surface area (Å²) in [6.45, 7) is 13.4. The van der Waals surface area contributed by atoms with Gasteiger partial charge in [0, 0.05) is 56.0 Å². The standard InChI is InChI=1S/C53H49N4.Pt/c1-51(2,3)39-26-28-48-49(33-39)57(35-56(48,7)36-57)43-22-16-21-41(31-43)53(37-17-10-8-11-18-37,38-19-12-9-13-20-38)42-25-27-45-44-23-14-15-24-46(44)55(47(45)32-42)50-34-40(29-30-54-50)52(4,5)6;/h8-30,33-35H,36H2,1-7H3;/q-1;/t56-,57+;/m0./s1/i7D3;. The molecule has 0 spiro atoms. The van der Waals surface area contributed by atoms with Crippen molar-refractivity contribution in [3.8, 4) is 5.82 Å². The summed E-state index contributed by atoms with van der Waals surface area (Å²) >= 11 is 0. The number of para-hydroxylation sites is 1. The van der Waals surface area contributed by atoms with E-state index in [0.717, 1.165) is 66.9 Å². The van der Waals surface area contributed by atoms with Crippen molar-refractivity contribution in [3.05, 3.63) is 204 Å². The van der Waals surface area contributed by atoms with Gasteiger partial charge >= 0.3 is 0 Å². The molecule has 0 radical (unpaired) electrons. The first-order valence-corrected chi connectivity index (χ1v) is 19.9. The van der Waals surface area contributed by atoms with Gasteiger partial charge in [-0.15, -0.1) is 28.6 Å². The van der Waals surface area contributed by atoms with Crippen molar-refractivity contribution in [2.75, 3.05) is 13.6 Å². The number of pyridine rings is 1. The van der Waals surface area contributed by atoms with Gasteiger partial charge in [0.1, 0.15) is 5.82 Å². The summed E-state index contributed by atoms with van der Waals surface area (Å²) in [5, 5.41) is 2.24. The number of benzene rings is 6. The second-order valence-corrected chi connectivity index (χ2v) is 18.0. The maximum absolute atomic E-state index is 8.77. The first-order valence-electron chi connectivity index (χ1n) is 21.4. The van der Waals surface area contributed by atoms with E-state index in [-0.39, 0.29) is 36.4 Å². The Labute approximate surface area is 362 Å². The minimum absolute atomic E-state index is 0. The smallest absolute Gasteiger partial charge is 0.179 e. The molecule has 0 N–H and O–H groups in total. The van der Waals surface area contributed by atoms with Gasteiger partial charge in [-0.2, -0.15) is 30.3 Å². The summed E-state index contributed by atoms with van der Waals surface area (Å²) in [5.41, 5.74) is 10.1. The molecule has 5 heterocycles. The molecule has 4 nitrogen and oxygen atoms in total. The van der Waals surface area contributed by atoms with Gasteiger partial charge in [0.15, 0.2) is 18.0 Å². The predicted molar refractivity (Wildman–Crippen MR) is 237 cm³/mol. The van der Waals surface area contributed by atoms with Crippen LogP contribution in [0.2, 0.25) is 0 Å². The summed E-state index contributed by atoms with van der Waals surface area (Å²) in [6, 6.07) is 59.6. The zero-order valence-electron chi connectivity index (χ0n) is 36.8. The molecule has 58 heavy (non-hydrogen) atoms. The molecule has 0 amide bonds. The van der Waals surface area contributed by atoms with Crippen LogP contribution in [0.1, 0.15) is 79.0 Å². The van der Waals surface area contributed by atoms with Crippen LogP contribution in [0.4, 0.5) is 17.1 Å². The Morgan fingerprint density at radius 2 is 1.26 bits per heavy atom. The first kappa shape index (κ1) is 34.9. The third kappa shape index (κ3) is 5.63. The molecule has 2 bridgehead atoms. The van der Waals surface area contributed by atoms with Crippen LogP contribution in [-0.2, 0) is 37.3 Å². The second kappa shape index (κ2) is 13.5. The molecule has 2 atom stereocenters. The van der Waals surface area contributed by atoms with Gasteiger partial charge in [0.05, 0.1) is 17.8 Å². The molecular formula is C53H49N4Pt-. The van der Waals surface area contributed by atoms with Crippen LogP contribution < -0.4 is 8.97 Å². The average molecular weight is 940 g/mol. The van der Waals surface area contributed by atoms with E-state index in [9.17, 15) is 0 Å². The fourth-order valence-corrected chi connectivity index (χ4v) is 9.43. The summed E-state index contributed by atoms with van der Waals surface area (Å²) in [6.07, 6.45) is 1.92. The van der Waals surface area contributed by atoms with Crippen molar-refractivity contribution in [2.45, 2.75) is 57.8 Å². The van der Waals surface area contributed by atoms with E-state index < -0.39 is 12.4 Å². The number of rotatable bonds is 6. The van der Waals surface area contributed by atoms with Gasteiger partial charge in [-0.1, -0.05) is 132 Å². The van der Waals surface area contributed by atoms with Gasteiger partial charge in [-0.3, -0.25) is 0 Å². The van der Waals surface area contributed by atoms with E-state index in [2.05, 4.69) is 198 Å². The first-order chi connectivity index (χ1) is 28.6. The number of aromatic nitrogens is 2. The summed E-state index contributed by atoms with van der Waals surface area (Å²) in [4.78, 5) is 4.98. The van der Waals surface area contributed by atoms with E-state index in [0.29, 0.717) is 11.2 Å². The van der Waals surface area contributed by atoms with E-state index in [1.54, 1.807) is 0 Å². The molecule has 3 aliphatic rings. The summed E-state index contributed by atoms with van der Waals surface area (Å²) < 4.78 is 28.7. The number of fused-ring (bicyclic) bond motifs is 3. The molecule has 8 aromatic rings. The van der Waals surface area contributed by atoms with Crippen LogP contribution in [-0.4, -0.2) is 23.2 Å². The predicted octanol–water partition coefficient (Wildman–Crippen LogP) is 12.4. The molecule has 292 valence electrons. The van der Waals surface area contributed by atoms with E-state index in [1.807, 2.05) is 18.9 Å². The Kier molecular flexibility index (Phi) is 8.10. The fraction of sp³-hybridized carbons (Fsp3) is 0.208. The van der Waals surface area contributed by atoms with Crippen molar-refractivity contribution in [2.24, 2.45) is 0 Å². The van der Waals surface area contributed by atoms with E-state index in [4.69, 9.17) is 9.10 Å². The SMILES string of the molecule is [2H]C([2H])([2H])[N@+]12[CH-][N@+](c3[c-]c(C(c4[c-]c5c(cc4)c4ccccc4n5-c4cc(C(C)(C)C)ccn4)(c4ccccc4)c4ccccc4)ccc3)(C1)c1cc(C(C)(C)C)ccc12.[Pt]. The average Bonchev–Trinajstić information content (AvgIpc) is 3.83. The van der Waals surface area contributed by atoms with Crippen molar-refractivity contribution < 1.29 is 25.2 Å². The number of hydrogen-bond donors (Lipinski definition) is 0. The molecule has 11 rings (SSSR count). The van der Waals surface area contributed by atoms with Crippen molar-refractivity contribution >= 4 is 38.9 Å². The molecule has 5 heteroatoms. The Hall–Kier alpha value is -5.12. The Morgan fingerprint density at radius 1 is 0.621 bits per heavy atom. The molecule has 2 aromatic heterocycles. The number of quaternary nitrogens is 2. The maximum atomic E-state index is 8.77. The maximum Gasteiger partial charge on any atom is 0.179 e. The summed E-state index contributed by atoms with van der Waals surface area (Å²) in [5.74, 6) is 0.850. The molecule has 3 aliphatic heterocycles. The van der Waals surface area contributed by atoms with Crippen LogP contribution in [0.3, 0.4) is 0 Å². The van der Waals surface area contributed by atoms with Crippen LogP contribution in [0.5, 0.6) is 0 Å². The van der Waals surface area contributed by atoms with Crippen molar-refractivity contribution in [1.82, 2.24) is 18.5 Å². The van der Waals surface area contributed by atoms with Crippen LogP contribution in [0.25, 0.3) is 27.6 Å². The zero-order valence-corrected chi connectivity index (χ0v) is 36.1. The Balaban J connectivity index is 0.00000476. The van der Waals surface area contributed by atoms with Crippen molar-refractivity contribution in [3.63, 3.8) is 0 Å².